The average Bonchev–Trinajstić information content (AvgIpc) is 3.33. The Morgan fingerprint density at radius 1 is 0.939 bits per heavy atom. The molecule has 2 heterocycles. The first kappa shape index (κ1) is 22.8. The number of anilines is 1. The van der Waals surface area contributed by atoms with Gasteiger partial charge in [0.15, 0.2) is 5.03 Å². The Morgan fingerprint density at radius 2 is 1.61 bits per heavy atom. The number of benzene rings is 2. The summed E-state index contributed by atoms with van der Waals surface area (Å²) in [5, 5.41) is 10.7. The number of aromatic amines is 1. The highest BCUT2D eigenvalue weighted by Crippen LogP contribution is 2.31. The summed E-state index contributed by atoms with van der Waals surface area (Å²) in [6.45, 7) is 3.47. The number of nitrogens with zero attached hydrogens (tertiary/aromatic N) is 3. The largest absolute Gasteiger partial charge is 0.428 e. The van der Waals surface area contributed by atoms with E-state index in [2.05, 4.69) is 44.6 Å². The van der Waals surface area contributed by atoms with Gasteiger partial charge in [0.2, 0.25) is 12.5 Å². The molecule has 0 radical (unpaired) electrons. The monoisotopic (exact) mass is 466 g/mol. The molecule has 2 aromatic carbocycles. The molecule has 4 rings (SSSR count). The summed E-state index contributed by atoms with van der Waals surface area (Å²) in [6.07, 6.45) is 4.06. The van der Waals surface area contributed by atoms with Crippen LogP contribution in [0.5, 0.6) is 0 Å². The minimum atomic E-state index is -0.708. The number of carbonyl (C=O) groups excluding carboxylic acids is 2. The van der Waals surface area contributed by atoms with Gasteiger partial charge in [-0.25, -0.2) is 4.79 Å². The Morgan fingerprint density at radius 3 is 2.27 bits per heavy atom. The number of carbonyl (C=O) groups is 2. The van der Waals surface area contributed by atoms with Crippen molar-refractivity contribution in [1.29, 1.82) is 0 Å². The van der Waals surface area contributed by atoms with Gasteiger partial charge in [-0.15, -0.1) is 10.2 Å². The first-order valence-corrected chi connectivity index (χ1v) is 11.8. The number of aromatic nitrogens is 3. The van der Waals surface area contributed by atoms with E-state index in [1.54, 1.807) is 6.92 Å². The Kier molecular flexibility index (Phi) is 7.62. The van der Waals surface area contributed by atoms with Crippen LogP contribution >= 0.6 is 11.8 Å². The van der Waals surface area contributed by atoms with E-state index < -0.39 is 18.7 Å². The van der Waals surface area contributed by atoms with Crippen LogP contribution in [0.4, 0.5) is 5.69 Å². The van der Waals surface area contributed by atoms with Crippen molar-refractivity contribution < 1.29 is 19.1 Å². The number of rotatable bonds is 8. The van der Waals surface area contributed by atoms with Crippen LogP contribution in [-0.2, 0) is 14.3 Å². The lowest BCUT2D eigenvalue weighted by Crippen LogP contribution is -2.29. The molecule has 33 heavy (non-hydrogen) atoms. The van der Waals surface area contributed by atoms with Crippen molar-refractivity contribution in [2.45, 2.75) is 42.5 Å². The zero-order valence-corrected chi connectivity index (χ0v) is 19.3. The van der Waals surface area contributed by atoms with Gasteiger partial charge in [0.1, 0.15) is 0 Å². The van der Waals surface area contributed by atoms with Gasteiger partial charge in [-0.05, 0) is 54.7 Å². The number of nitrogens with one attached hydrogen (secondary N) is 1. The number of esters is 2. The molecule has 0 unspecified atom stereocenters. The van der Waals surface area contributed by atoms with Gasteiger partial charge in [-0.1, -0.05) is 43.0 Å². The molecule has 1 aliphatic rings. The molecule has 1 fully saturated rings. The topological polar surface area (TPSA) is 97.4 Å². The summed E-state index contributed by atoms with van der Waals surface area (Å²) < 4.78 is 9.71. The Bertz CT molecular complexity index is 1080. The lowest BCUT2D eigenvalue weighted by atomic mass is 10.0. The van der Waals surface area contributed by atoms with Crippen molar-refractivity contribution in [3.63, 3.8) is 0 Å². The molecule has 0 bridgehead atoms. The van der Waals surface area contributed by atoms with Gasteiger partial charge in [0.05, 0.1) is 0 Å². The second kappa shape index (κ2) is 11.0. The summed E-state index contributed by atoms with van der Waals surface area (Å²) >= 11 is 1.30. The molecule has 0 aliphatic carbocycles. The van der Waals surface area contributed by atoms with Crippen LogP contribution in [0.15, 0.2) is 58.5 Å². The van der Waals surface area contributed by atoms with Crippen molar-refractivity contribution >= 4 is 29.4 Å². The van der Waals surface area contributed by atoms with Crippen molar-refractivity contribution in [1.82, 2.24) is 15.4 Å². The quantitative estimate of drug-likeness (QED) is 0.377. The lowest BCUT2D eigenvalue weighted by molar-refractivity contribution is -0.151. The molecule has 1 aliphatic heterocycles. The summed E-state index contributed by atoms with van der Waals surface area (Å²) in [7, 11) is 0. The van der Waals surface area contributed by atoms with Gasteiger partial charge in [0, 0.05) is 30.1 Å². The van der Waals surface area contributed by atoms with Crippen molar-refractivity contribution in [2.75, 3.05) is 24.8 Å². The summed E-state index contributed by atoms with van der Waals surface area (Å²) in [5.74, 6) is -1.15. The van der Waals surface area contributed by atoms with E-state index in [-0.39, 0.29) is 12.1 Å². The van der Waals surface area contributed by atoms with Crippen LogP contribution in [-0.4, -0.2) is 47.2 Å². The number of ether oxygens (including phenoxy) is 2. The Hall–Kier alpha value is -3.33. The third kappa shape index (κ3) is 5.92. The van der Waals surface area contributed by atoms with Crippen LogP contribution < -0.4 is 4.90 Å². The van der Waals surface area contributed by atoms with Crippen LogP contribution in [0.1, 0.15) is 43.1 Å². The normalized spacial score (nSPS) is 13.5. The minimum absolute atomic E-state index is 0.0462. The number of piperidine rings is 1. The van der Waals surface area contributed by atoms with Gasteiger partial charge >= 0.3 is 11.9 Å². The fourth-order valence-corrected chi connectivity index (χ4v) is 4.40. The molecule has 0 saturated carbocycles. The molecule has 9 heteroatoms. The molecule has 1 saturated heterocycles. The zero-order valence-electron chi connectivity index (χ0n) is 18.5. The highest BCUT2D eigenvalue weighted by molar-refractivity contribution is 7.99. The zero-order chi connectivity index (χ0) is 23.0. The Labute approximate surface area is 196 Å². The van der Waals surface area contributed by atoms with Crippen LogP contribution in [0.2, 0.25) is 0 Å². The fourth-order valence-electron chi connectivity index (χ4n) is 3.59. The van der Waals surface area contributed by atoms with Crippen molar-refractivity contribution in [2.24, 2.45) is 0 Å². The molecule has 1 N–H and O–H groups in total. The molecule has 0 amide bonds. The van der Waals surface area contributed by atoms with Crippen LogP contribution in [0.3, 0.4) is 0 Å². The molecular formula is C24H26N4O4S. The predicted molar refractivity (Wildman–Crippen MR) is 125 cm³/mol. The van der Waals surface area contributed by atoms with E-state index in [0.29, 0.717) is 5.03 Å². The standard InChI is InChI=1S/C24H26N4O4S/c1-2-21(29)31-16-32-24(30)22-23(26-27-25-22)33-20-12-8-18(9-13-20)17-6-10-19(11-7-17)28-14-4-3-5-15-28/h6-13H,2-5,14-16H2,1H3,(H,25,26,27). The second-order valence-electron chi connectivity index (χ2n) is 7.62. The van der Waals surface area contributed by atoms with Gasteiger partial charge in [-0.3, -0.25) is 4.79 Å². The third-order valence-corrected chi connectivity index (χ3v) is 6.38. The van der Waals surface area contributed by atoms with E-state index >= 15 is 0 Å². The first-order chi connectivity index (χ1) is 16.1. The summed E-state index contributed by atoms with van der Waals surface area (Å²) in [5.41, 5.74) is 3.59. The average molecular weight is 467 g/mol. The van der Waals surface area contributed by atoms with Gasteiger partial charge in [-0.2, -0.15) is 5.21 Å². The van der Waals surface area contributed by atoms with Gasteiger partial charge < -0.3 is 14.4 Å². The molecule has 3 aromatic rings. The summed E-state index contributed by atoms with van der Waals surface area (Å²) in [4.78, 5) is 26.7. The maximum absolute atomic E-state index is 12.2. The van der Waals surface area contributed by atoms with Crippen LogP contribution in [0.25, 0.3) is 11.1 Å². The molecule has 0 spiro atoms. The van der Waals surface area contributed by atoms with Gasteiger partial charge in [0.25, 0.3) is 0 Å². The number of hydrogen-bond acceptors (Lipinski definition) is 8. The van der Waals surface area contributed by atoms with E-state index in [0.717, 1.165) is 29.1 Å². The minimum Gasteiger partial charge on any atom is -0.428 e. The van der Waals surface area contributed by atoms with E-state index in [1.165, 1.54) is 36.7 Å². The second-order valence-corrected chi connectivity index (χ2v) is 8.68. The van der Waals surface area contributed by atoms with E-state index in [1.807, 2.05) is 24.3 Å². The van der Waals surface area contributed by atoms with E-state index in [4.69, 9.17) is 9.47 Å². The predicted octanol–water partition coefficient (Wildman–Crippen LogP) is 4.68. The molecule has 0 atom stereocenters. The van der Waals surface area contributed by atoms with Crippen molar-refractivity contribution in [3.05, 3.63) is 54.2 Å². The van der Waals surface area contributed by atoms with Crippen LogP contribution in [0, 0.1) is 0 Å². The van der Waals surface area contributed by atoms with E-state index in [9.17, 15) is 9.59 Å². The fraction of sp³-hybridized carbons (Fsp3) is 0.333. The molecule has 1 aromatic heterocycles. The molecule has 172 valence electrons. The smallest absolute Gasteiger partial charge is 0.364 e. The summed E-state index contributed by atoms with van der Waals surface area (Å²) in [6, 6.07) is 16.7. The SMILES string of the molecule is CCC(=O)OCOC(=O)c1n[nH]nc1Sc1ccc(-c2ccc(N3CCCCC3)cc2)cc1. The third-order valence-electron chi connectivity index (χ3n) is 5.40. The Balaban J connectivity index is 1.37. The molecular weight excluding hydrogens is 440 g/mol. The number of hydrogen-bond donors (Lipinski definition) is 1. The number of H-pyrrole nitrogens is 1. The lowest BCUT2D eigenvalue weighted by Gasteiger charge is -2.28. The highest BCUT2D eigenvalue weighted by Gasteiger charge is 2.19. The maximum Gasteiger partial charge on any atom is 0.364 e. The maximum atomic E-state index is 12.2. The first-order valence-electron chi connectivity index (χ1n) is 11.0. The molecule has 8 nitrogen and oxygen atoms in total. The highest BCUT2D eigenvalue weighted by atomic mass is 32.2. The van der Waals surface area contributed by atoms with Crippen molar-refractivity contribution in [3.8, 4) is 11.1 Å².